The molecule has 11 heteroatoms. The van der Waals surface area contributed by atoms with Crippen molar-refractivity contribution in [3.63, 3.8) is 0 Å². The summed E-state index contributed by atoms with van der Waals surface area (Å²) in [5.41, 5.74) is 0.642. The van der Waals surface area contributed by atoms with Crippen molar-refractivity contribution in [1.82, 2.24) is 39.9 Å². The second kappa shape index (κ2) is 6.69. The molecular weight excluding hydrogens is 366 g/mol. The van der Waals surface area contributed by atoms with Crippen LogP contribution in [0.15, 0.2) is 23.2 Å². The van der Waals surface area contributed by atoms with E-state index in [1.165, 1.54) is 4.80 Å². The first-order chi connectivity index (χ1) is 11.1. The van der Waals surface area contributed by atoms with Gasteiger partial charge in [0.05, 0.1) is 18.9 Å². The molecule has 0 aromatic carbocycles. The average Bonchev–Trinajstić information content (AvgIpc) is 3.12. The number of imidazole rings is 1. The van der Waals surface area contributed by atoms with Crippen molar-refractivity contribution in [3.8, 4) is 0 Å². The predicted molar refractivity (Wildman–Crippen MR) is 84.9 cm³/mol. The lowest BCUT2D eigenvalue weighted by Crippen LogP contribution is -2.30. The van der Waals surface area contributed by atoms with Crippen molar-refractivity contribution < 1.29 is 4.79 Å². The first kappa shape index (κ1) is 15.3. The molecule has 0 unspecified atom stereocenters. The van der Waals surface area contributed by atoms with E-state index in [0.29, 0.717) is 41.4 Å². The predicted octanol–water partition coefficient (Wildman–Crippen LogP) is 0.862. The largest absolute Gasteiger partial charge is 0.337 e. The van der Waals surface area contributed by atoms with Crippen molar-refractivity contribution in [2.75, 3.05) is 11.9 Å². The SMILES string of the molecule is CCn1nnc(CCNC(=O)Nc2cn3cc(Br)ncc3n2)n1. The molecule has 120 valence electrons. The third-order valence-corrected chi connectivity index (χ3v) is 3.37. The zero-order valence-corrected chi connectivity index (χ0v) is 13.9. The highest BCUT2D eigenvalue weighted by Crippen LogP contribution is 2.11. The highest BCUT2D eigenvalue weighted by Gasteiger charge is 2.07. The van der Waals surface area contributed by atoms with Crippen molar-refractivity contribution in [3.05, 3.63) is 29.0 Å². The zero-order chi connectivity index (χ0) is 16.2. The number of anilines is 1. The molecule has 23 heavy (non-hydrogen) atoms. The lowest BCUT2D eigenvalue weighted by Gasteiger charge is -2.03. The maximum absolute atomic E-state index is 11.8. The number of carbonyl (C=O) groups is 1. The van der Waals surface area contributed by atoms with Crippen LogP contribution in [0, 0.1) is 0 Å². The van der Waals surface area contributed by atoms with Crippen LogP contribution in [-0.4, -0.2) is 47.2 Å². The maximum Gasteiger partial charge on any atom is 0.320 e. The normalized spacial score (nSPS) is 10.9. The van der Waals surface area contributed by atoms with Gasteiger partial charge in [-0.3, -0.25) is 5.32 Å². The second-order valence-electron chi connectivity index (χ2n) is 4.63. The molecule has 2 N–H and O–H groups in total. The van der Waals surface area contributed by atoms with E-state index in [1.807, 2.05) is 6.92 Å². The Morgan fingerprint density at radius 2 is 2.26 bits per heavy atom. The summed E-state index contributed by atoms with van der Waals surface area (Å²) in [4.78, 5) is 21.7. The molecule has 3 aromatic heterocycles. The van der Waals surface area contributed by atoms with Crippen molar-refractivity contribution in [2.45, 2.75) is 19.9 Å². The monoisotopic (exact) mass is 379 g/mol. The fourth-order valence-electron chi connectivity index (χ4n) is 1.89. The number of hydrogen-bond donors (Lipinski definition) is 2. The van der Waals surface area contributed by atoms with Crippen molar-refractivity contribution in [1.29, 1.82) is 0 Å². The van der Waals surface area contributed by atoms with E-state index in [4.69, 9.17) is 0 Å². The van der Waals surface area contributed by atoms with Crippen LogP contribution in [0.3, 0.4) is 0 Å². The summed E-state index contributed by atoms with van der Waals surface area (Å²) in [6, 6.07) is -0.344. The molecule has 0 fully saturated rings. The van der Waals surface area contributed by atoms with Gasteiger partial charge in [-0.15, -0.1) is 10.2 Å². The average molecular weight is 380 g/mol. The van der Waals surface area contributed by atoms with E-state index in [-0.39, 0.29) is 6.03 Å². The highest BCUT2D eigenvalue weighted by atomic mass is 79.9. The topological polar surface area (TPSA) is 115 Å². The Kier molecular flexibility index (Phi) is 4.46. The smallest absolute Gasteiger partial charge is 0.320 e. The minimum atomic E-state index is -0.344. The first-order valence-corrected chi connectivity index (χ1v) is 7.75. The number of aromatic nitrogens is 7. The van der Waals surface area contributed by atoms with Gasteiger partial charge in [0.1, 0.15) is 4.60 Å². The Labute approximate surface area is 139 Å². The number of halogens is 1. The summed E-state index contributed by atoms with van der Waals surface area (Å²) in [6.45, 7) is 3.00. The first-order valence-electron chi connectivity index (χ1n) is 6.96. The quantitative estimate of drug-likeness (QED) is 0.679. The Morgan fingerprint density at radius 1 is 1.39 bits per heavy atom. The number of rotatable bonds is 5. The van der Waals surface area contributed by atoms with Gasteiger partial charge >= 0.3 is 6.03 Å². The summed E-state index contributed by atoms with van der Waals surface area (Å²) >= 11 is 3.28. The summed E-state index contributed by atoms with van der Waals surface area (Å²) < 4.78 is 2.45. The third-order valence-electron chi connectivity index (χ3n) is 2.96. The van der Waals surface area contributed by atoms with E-state index >= 15 is 0 Å². The minimum absolute atomic E-state index is 0.344. The number of urea groups is 1. The summed E-state index contributed by atoms with van der Waals surface area (Å²) in [6.07, 6.45) is 5.58. The molecule has 0 aliphatic carbocycles. The summed E-state index contributed by atoms with van der Waals surface area (Å²) in [5, 5.41) is 17.3. The Morgan fingerprint density at radius 3 is 3.04 bits per heavy atom. The number of carbonyl (C=O) groups excluding carboxylic acids is 1. The maximum atomic E-state index is 11.8. The van der Waals surface area contributed by atoms with E-state index in [0.717, 1.165) is 0 Å². The molecule has 0 radical (unpaired) electrons. The van der Waals surface area contributed by atoms with Gasteiger partial charge in [-0.2, -0.15) is 4.80 Å². The molecule has 0 bridgehead atoms. The fraction of sp³-hybridized carbons (Fsp3) is 0.333. The second-order valence-corrected chi connectivity index (χ2v) is 5.44. The van der Waals surface area contributed by atoms with E-state index < -0.39 is 0 Å². The molecule has 0 spiro atoms. The van der Waals surface area contributed by atoms with Crippen LogP contribution in [0.4, 0.5) is 10.6 Å². The fourth-order valence-corrected chi connectivity index (χ4v) is 2.22. The number of aryl methyl sites for hydroxylation is 1. The summed E-state index contributed by atoms with van der Waals surface area (Å²) in [7, 11) is 0. The van der Waals surface area contributed by atoms with E-state index in [2.05, 4.69) is 51.9 Å². The van der Waals surface area contributed by atoms with Crippen LogP contribution in [0.25, 0.3) is 5.65 Å². The number of amides is 2. The Hall–Kier alpha value is -2.56. The van der Waals surface area contributed by atoms with Gasteiger partial charge in [0, 0.05) is 19.2 Å². The Balaban J connectivity index is 1.51. The number of nitrogens with zero attached hydrogens (tertiary/aromatic N) is 7. The molecule has 0 aliphatic rings. The lowest BCUT2D eigenvalue weighted by molar-refractivity contribution is 0.252. The van der Waals surface area contributed by atoms with Gasteiger partial charge in [-0.1, -0.05) is 0 Å². The van der Waals surface area contributed by atoms with Crippen LogP contribution in [-0.2, 0) is 13.0 Å². The summed E-state index contributed by atoms with van der Waals surface area (Å²) in [5.74, 6) is 1.04. The van der Waals surface area contributed by atoms with Gasteiger partial charge in [0.15, 0.2) is 17.3 Å². The van der Waals surface area contributed by atoms with Gasteiger partial charge < -0.3 is 9.72 Å². The molecule has 0 atom stereocenters. The van der Waals surface area contributed by atoms with Crippen LogP contribution in [0.5, 0.6) is 0 Å². The number of fused-ring (bicyclic) bond motifs is 1. The lowest BCUT2D eigenvalue weighted by atomic mass is 10.4. The van der Waals surface area contributed by atoms with Gasteiger partial charge in [-0.05, 0) is 28.1 Å². The minimum Gasteiger partial charge on any atom is -0.337 e. The van der Waals surface area contributed by atoms with Crippen LogP contribution in [0.2, 0.25) is 0 Å². The molecule has 0 saturated carbocycles. The third kappa shape index (κ3) is 3.80. The van der Waals surface area contributed by atoms with Gasteiger partial charge in [0.25, 0.3) is 0 Å². The van der Waals surface area contributed by atoms with Crippen molar-refractivity contribution in [2.24, 2.45) is 0 Å². The Bertz CT molecular complexity index is 827. The standard InChI is InChI=1S/C12H14BrN9O/c1-2-22-19-9(18-20-22)3-4-14-12(23)17-10-7-21-6-8(13)15-5-11(21)16-10/h5-7H,2-4H2,1H3,(H2,14,17,23). The molecule has 0 aliphatic heterocycles. The van der Waals surface area contributed by atoms with Crippen LogP contribution >= 0.6 is 15.9 Å². The molecule has 0 saturated heterocycles. The molecule has 3 aromatic rings. The van der Waals surface area contributed by atoms with Gasteiger partial charge in [-0.25, -0.2) is 14.8 Å². The van der Waals surface area contributed by atoms with Crippen LogP contribution < -0.4 is 10.6 Å². The van der Waals surface area contributed by atoms with Gasteiger partial charge in [0.2, 0.25) is 0 Å². The number of tetrazole rings is 1. The molecule has 2 amide bonds. The molecule has 10 nitrogen and oxygen atoms in total. The van der Waals surface area contributed by atoms with Crippen LogP contribution in [0.1, 0.15) is 12.7 Å². The highest BCUT2D eigenvalue weighted by molar-refractivity contribution is 9.10. The zero-order valence-electron chi connectivity index (χ0n) is 12.3. The molecule has 3 rings (SSSR count). The van der Waals surface area contributed by atoms with Crippen molar-refractivity contribution >= 4 is 33.4 Å². The molecule has 3 heterocycles. The molecular formula is C12H14BrN9O. The van der Waals surface area contributed by atoms with E-state index in [1.54, 1.807) is 23.0 Å². The van der Waals surface area contributed by atoms with E-state index in [9.17, 15) is 4.79 Å². The number of hydrogen-bond acceptors (Lipinski definition) is 6. The number of nitrogens with one attached hydrogen (secondary N) is 2.